The first-order chi connectivity index (χ1) is 19.9. The summed E-state index contributed by atoms with van der Waals surface area (Å²) in [6.45, 7) is 6.66. The van der Waals surface area contributed by atoms with Crippen molar-refractivity contribution in [2.24, 2.45) is 0 Å². The van der Waals surface area contributed by atoms with Crippen molar-refractivity contribution in [2.75, 3.05) is 0 Å². The van der Waals surface area contributed by atoms with Crippen molar-refractivity contribution in [3.63, 3.8) is 0 Å². The van der Waals surface area contributed by atoms with Gasteiger partial charge in [-0.15, -0.1) is 17.5 Å². The van der Waals surface area contributed by atoms with Gasteiger partial charge in [0.2, 0.25) is 5.88 Å². The summed E-state index contributed by atoms with van der Waals surface area (Å²) < 4.78 is 8.45. The molecule has 1 N–H and O–H groups in total. The van der Waals surface area contributed by atoms with Gasteiger partial charge >= 0.3 is 0 Å². The van der Waals surface area contributed by atoms with Crippen molar-refractivity contribution >= 4 is 32.7 Å². The molecule has 1 saturated carbocycles. The van der Waals surface area contributed by atoms with Gasteiger partial charge in [0, 0.05) is 50.0 Å². The molecular weight excluding hydrogens is 701 g/mol. The van der Waals surface area contributed by atoms with Crippen molar-refractivity contribution in [1.29, 1.82) is 0 Å². The van der Waals surface area contributed by atoms with E-state index in [0.29, 0.717) is 28.8 Å². The van der Waals surface area contributed by atoms with E-state index in [9.17, 15) is 5.11 Å². The normalized spacial score (nSPS) is 14.4. The Morgan fingerprint density at radius 1 is 0.881 bits per heavy atom. The third-order valence-electron chi connectivity index (χ3n) is 8.46. The summed E-state index contributed by atoms with van der Waals surface area (Å²) in [6, 6.07) is 27.9. The summed E-state index contributed by atoms with van der Waals surface area (Å²) in [5.74, 6) is 2.48. The first-order valence-corrected chi connectivity index (χ1v) is 14.6. The Bertz CT molecular complexity index is 1900. The number of ether oxygens (including phenoxy) is 1. The van der Waals surface area contributed by atoms with E-state index in [1.165, 1.54) is 24.8 Å². The van der Waals surface area contributed by atoms with Crippen molar-refractivity contribution in [2.45, 2.75) is 64.2 Å². The zero-order valence-electron chi connectivity index (χ0n) is 24.1. The molecule has 0 saturated heterocycles. The van der Waals surface area contributed by atoms with Crippen molar-refractivity contribution < 1.29 is 30.9 Å². The minimum absolute atomic E-state index is 0. The van der Waals surface area contributed by atoms with Crippen LogP contribution in [0.4, 0.5) is 0 Å². The topological polar surface area (TPSA) is 60.2 Å². The number of benzene rings is 3. The zero-order valence-corrected chi connectivity index (χ0v) is 26.4. The first-order valence-electron chi connectivity index (χ1n) is 14.6. The average molecular weight is 736 g/mol. The number of rotatable bonds is 4. The fourth-order valence-electron chi connectivity index (χ4n) is 6.45. The van der Waals surface area contributed by atoms with Crippen LogP contribution in [0.5, 0.6) is 17.4 Å². The first kappa shape index (κ1) is 28.4. The van der Waals surface area contributed by atoms with Crippen LogP contribution < -0.4 is 4.74 Å². The predicted molar refractivity (Wildman–Crippen MR) is 165 cm³/mol. The second-order valence-corrected chi connectivity index (χ2v) is 12.2. The van der Waals surface area contributed by atoms with Gasteiger partial charge in [-0.2, -0.15) is 6.07 Å². The Morgan fingerprint density at radius 3 is 2.40 bits per heavy atom. The number of pyridine rings is 2. The predicted octanol–water partition coefficient (Wildman–Crippen LogP) is 9.37. The summed E-state index contributed by atoms with van der Waals surface area (Å²) in [7, 11) is 0. The van der Waals surface area contributed by atoms with E-state index in [2.05, 4.69) is 60.7 Å². The Labute approximate surface area is 260 Å². The quantitative estimate of drug-likeness (QED) is 0.184. The minimum Gasteiger partial charge on any atom is -0.505 e. The minimum atomic E-state index is -0.0862. The molecule has 6 heteroatoms. The van der Waals surface area contributed by atoms with Crippen LogP contribution in [0.2, 0.25) is 0 Å². The van der Waals surface area contributed by atoms with Crippen LogP contribution in [-0.4, -0.2) is 19.6 Å². The Hall–Kier alpha value is -3.69. The maximum absolute atomic E-state index is 11.5. The van der Waals surface area contributed by atoms with Crippen LogP contribution in [0.25, 0.3) is 38.5 Å². The number of hydrogen-bond donors (Lipinski definition) is 1. The van der Waals surface area contributed by atoms with E-state index in [4.69, 9.17) is 9.72 Å². The van der Waals surface area contributed by atoms with E-state index in [1.54, 1.807) is 6.20 Å². The van der Waals surface area contributed by atoms with Crippen molar-refractivity contribution in [1.82, 2.24) is 14.5 Å². The van der Waals surface area contributed by atoms with Gasteiger partial charge < -0.3 is 14.4 Å². The number of aromatic nitrogens is 3. The second kappa shape index (κ2) is 11.2. The van der Waals surface area contributed by atoms with Gasteiger partial charge in [-0.25, -0.2) is 9.97 Å². The zero-order chi connectivity index (χ0) is 28.1. The number of phenolic OH excluding ortho intramolecular Hbond substituents is 1. The Morgan fingerprint density at radius 2 is 1.64 bits per heavy atom. The van der Waals surface area contributed by atoms with Crippen LogP contribution in [0.1, 0.15) is 69.9 Å². The standard InChI is InChI=1S/C36H34N3O2.Pt/c1-36(2,3)29-22-28(23-11-5-4-6-12-23)35(40)34-27(29)18-19-33(38-34)41-24-16-17-26-25-13-7-8-14-30(25)39(31(26)21-24)32-15-9-10-20-37-32;/h7-10,13-20,22-23,40H,4-6,11-12H2,1-3H3;/q-1;. The molecule has 7 rings (SSSR count). The summed E-state index contributed by atoms with van der Waals surface area (Å²) in [6.07, 6.45) is 7.70. The van der Waals surface area contributed by atoms with Gasteiger partial charge in [0.1, 0.15) is 17.1 Å². The van der Waals surface area contributed by atoms with Gasteiger partial charge in [-0.3, -0.25) is 0 Å². The number of nitrogens with zero attached hydrogens (tertiary/aromatic N) is 3. The molecule has 0 spiro atoms. The van der Waals surface area contributed by atoms with Gasteiger partial charge in [0.15, 0.2) is 0 Å². The van der Waals surface area contributed by atoms with Crippen LogP contribution in [0.15, 0.2) is 79.0 Å². The largest absolute Gasteiger partial charge is 0.505 e. The third-order valence-corrected chi connectivity index (χ3v) is 8.46. The third kappa shape index (κ3) is 4.98. The van der Waals surface area contributed by atoms with Crippen molar-refractivity contribution in [3.05, 3.63) is 96.2 Å². The van der Waals surface area contributed by atoms with E-state index in [0.717, 1.165) is 51.4 Å². The summed E-state index contributed by atoms with van der Waals surface area (Å²) in [4.78, 5) is 9.51. The molecule has 42 heavy (non-hydrogen) atoms. The van der Waals surface area contributed by atoms with Crippen LogP contribution in [0.3, 0.4) is 0 Å². The second-order valence-electron chi connectivity index (χ2n) is 12.2. The maximum Gasteiger partial charge on any atom is 0.217 e. The van der Waals surface area contributed by atoms with Gasteiger partial charge in [-0.05, 0) is 65.0 Å². The number of aromatic hydroxyl groups is 1. The molecule has 1 aliphatic carbocycles. The fourth-order valence-corrected chi connectivity index (χ4v) is 6.45. The smallest absolute Gasteiger partial charge is 0.217 e. The molecule has 0 radical (unpaired) electrons. The number of para-hydroxylation sites is 1. The number of hydrogen-bond acceptors (Lipinski definition) is 4. The molecule has 1 aliphatic rings. The summed E-state index contributed by atoms with van der Waals surface area (Å²) >= 11 is 0. The molecule has 216 valence electrons. The Kier molecular flexibility index (Phi) is 7.57. The molecule has 0 aliphatic heterocycles. The van der Waals surface area contributed by atoms with E-state index < -0.39 is 0 Å². The van der Waals surface area contributed by atoms with Crippen LogP contribution >= 0.6 is 0 Å². The van der Waals surface area contributed by atoms with E-state index >= 15 is 0 Å². The van der Waals surface area contributed by atoms with E-state index in [1.807, 2.05) is 48.5 Å². The maximum atomic E-state index is 11.5. The van der Waals surface area contributed by atoms with Crippen molar-refractivity contribution in [3.8, 4) is 23.2 Å². The van der Waals surface area contributed by atoms with Gasteiger partial charge in [0.05, 0.1) is 0 Å². The van der Waals surface area contributed by atoms with Gasteiger partial charge in [-0.1, -0.05) is 75.9 Å². The molecule has 3 heterocycles. The molecule has 0 atom stereocenters. The average Bonchev–Trinajstić information content (AvgIpc) is 3.31. The molecule has 3 aromatic carbocycles. The monoisotopic (exact) mass is 735 g/mol. The molecule has 0 bridgehead atoms. The molecular formula is C36H34N3O2Pt-. The van der Waals surface area contributed by atoms with Crippen LogP contribution in [-0.2, 0) is 26.5 Å². The molecule has 1 fully saturated rings. The fraction of sp³-hybridized carbons (Fsp3) is 0.278. The molecule has 6 aromatic rings. The molecule has 5 nitrogen and oxygen atoms in total. The molecule has 0 unspecified atom stereocenters. The summed E-state index contributed by atoms with van der Waals surface area (Å²) in [5.41, 5.74) is 4.71. The number of fused-ring (bicyclic) bond motifs is 4. The summed E-state index contributed by atoms with van der Waals surface area (Å²) in [5, 5.41) is 14.7. The Balaban J connectivity index is 0.00000316. The van der Waals surface area contributed by atoms with E-state index in [-0.39, 0.29) is 26.5 Å². The number of phenols is 1. The molecule has 0 amide bonds. The SMILES string of the molecule is CC(C)(C)c1cc(C2CCCCC2)c(O)c2nc(Oc3[c-]c4c(cc3)c3ccccc3n4-c3ccccn3)ccc12.[Pt]. The van der Waals surface area contributed by atoms with Crippen LogP contribution in [0, 0.1) is 6.07 Å². The van der Waals surface area contributed by atoms with Gasteiger partial charge in [0.25, 0.3) is 0 Å². The molecule has 3 aromatic heterocycles.